The summed E-state index contributed by atoms with van der Waals surface area (Å²) in [6.07, 6.45) is 2.50. The van der Waals surface area contributed by atoms with Gasteiger partial charge in [-0.25, -0.2) is 26.3 Å². The summed E-state index contributed by atoms with van der Waals surface area (Å²) < 4.78 is 0. The molecule has 0 N–H and O–H groups in total. The fourth-order valence-corrected chi connectivity index (χ4v) is 0. The molecule has 0 unspecified atom stereocenters. The average Bonchev–Trinajstić information content (AvgIpc) is 2.09. The second-order valence-electron chi connectivity index (χ2n) is 0.456. The van der Waals surface area contributed by atoms with E-state index in [2.05, 4.69) is 0 Å². The van der Waals surface area contributed by atoms with E-state index in [1.54, 1.807) is 0 Å². The van der Waals surface area contributed by atoms with Crippen molar-refractivity contribution in [2.45, 2.75) is 0 Å². The van der Waals surface area contributed by atoms with Gasteiger partial charge in [0.1, 0.15) is 0 Å². The second-order valence-corrected chi connectivity index (χ2v) is 0.456. The quantitative estimate of drug-likeness (QED) is 0.295. The molecule has 0 aromatic heterocycles. The van der Waals surface area contributed by atoms with Crippen molar-refractivity contribution in [3.8, 4) is 31.3 Å². The SMILES string of the molecule is N#C[O-].N#C[O-].N#C[O-].N#C[O-].N#C[O-].[K+].[Ru+4]. The van der Waals surface area contributed by atoms with Gasteiger partial charge in [0.15, 0.2) is 0 Å². The summed E-state index contributed by atoms with van der Waals surface area (Å²) in [5.41, 5.74) is 0. The summed E-state index contributed by atoms with van der Waals surface area (Å²) in [4.78, 5) is 0. The van der Waals surface area contributed by atoms with E-state index in [0.717, 1.165) is 0 Å². The van der Waals surface area contributed by atoms with Crippen LogP contribution in [0.4, 0.5) is 0 Å². The number of hydrogen-bond donors (Lipinski definition) is 0. The Morgan fingerprint density at radius 3 is 0.471 bits per heavy atom. The molecule has 0 radical (unpaired) electrons. The molecule has 0 bridgehead atoms. The van der Waals surface area contributed by atoms with E-state index >= 15 is 0 Å². The molecule has 0 fully saturated rings. The average molecular weight is 350 g/mol. The predicted molar refractivity (Wildman–Crippen MR) is 28.1 cm³/mol. The molecule has 17 heavy (non-hydrogen) atoms. The minimum absolute atomic E-state index is 0. The van der Waals surface area contributed by atoms with Crippen LogP contribution >= 0.6 is 0 Å². The summed E-state index contributed by atoms with van der Waals surface area (Å²) in [6.45, 7) is 0. The summed E-state index contributed by atoms with van der Waals surface area (Å²) in [7, 11) is 0. The third kappa shape index (κ3) is 1430. The van der Waals surface area contributed by atoms with Gasteiger partial charge in [0.05, 0.1) is 0 Å². The minimum atomic E-state index is 0. The van der Waals surface area contributed by atoms with Gasteiger partial charge in [0, 0.05) is 31.3 Å². The summed E-state index contributed by atoms with van der Waals surface area (Å²) in [5, 5.41) is 75.0. The maximum Gasteiger partial charge on any atom is 4.00 e. The summed E-state index contributed by atoms with van der Waals surface area (Å²) in [6, 6.07) is 0. The van der Waals surface area contributed by atoms with Crippen LogP contribution in [0.3, 0.4) is 0 Å². The molecule has 0 aromatic carbocycles. The van der Waals surface area contributed by atoms with Crippen LogP contribution in [0.1, 0.15) is 0 Å². The molecule has 0 atom stereocenters. The number of nitriles is 5. The molecule has 0 spiro atoms. The molecule has 0 rings (SSSR count). The van der Waals surface area contributed by atoms with Crippen LogP contribution in [0, 0.1) is 57.6 Å². The Balaban J connectivity index is -0.0000000143. The third-order valence-electron chi connectivity index (χ3n) is 0. The van der Waals surface area contributed by atoms with Crippen LogP contribution in [0.5, 0.6) is 0 Å². The molecule has 0 aromatic rings. The summed E-state index contributed by atoms with van der Waals surface area (Å²) in [5.74, 6) is 0. The first kappa shape index (κ1) is 44.8. The van der Waals surface area contributed by atoms with Crippen molar-refractivity contribution in [3.05, 3.63) is 0 Å². The Kier molecular flexibility index (Phi) is 530. The van der Waals surface area contributed by atoms with Gasteiger partial charge in [-0.3, -0.25) is 0 Å². The Morgan fingerprint density at radius 2 is 0.471 bits per heavy atom. The number of hydrogen-bond acceptors (Lipinski definition) is 10. The fraction of sp³-hybridized carbons (Fsp3) is 0. The molecule has 0 saturated heterocycles. The summed E-state index contributed by atoms with van der Waals surface area (Å²) >= 11 is 0. The second kappa shape index (κ2) is 201. The fourth-order valence-electron chi connectivity index (χ4n) is 0. The maximum absolute atomic E-state index is 8.24. The Hall–Kier alpha value is -1.29. The molecule has 84 valence electrons. The monoisotopic (exact) mass is 351 g/mol. The topological polar surface area (TPSA) is 234 Å². The molecular weight excluding hydrogens is 350 g/mol. The number of nitrogens with zero attached hydrogens (tertiary/aromatic N) is 5. The third-order valence-corrected chi connectivity index (χ3v) is 0. The van der Waals surface area contributed by atoms with Crippen LogP contribution in [0.2, 0.25) is 0 Å². The Bertz CT molecular complexity index is 212. The van der Waals surface area contributed by atoms with E-state index in [0.29, 0.717) is 31.3 Å². The van der Waals surface area contributed by atoms with Crippen LogP contribution in [-0.2, 0) is 19.5 Å². The first-order chi connectivity index (χ1) is 7.07. The normalized spacial score (nSPS) is 2.06. The van der Waals surface area contributed by atoms with E-state index in [1.165, 1.54) is 0 Å². The van der Waals surface area contributed by atoms with Crippen LogP contribution < -0.4 is 76.9 Å². The van der Waals surface area contributed by atoms with Crippen molar-refractivity contribution in [2.24, 2.45) is 0 Å². The predicted octanol–water partition coefficient (Wildman–Crippen LogP) is -8.86. The van der Waals surface area contributed by atoms with Gasteiger partial charge in [-0.1, -0.05) is 0 Å². The van der Waals surface area contributed by atoms with Gasteiger partial charge in [-0.2, -0.15) is 0 Å². The molecule has 0 aliphatic carbocycles. The zero-order valence-corrected chi connectivity index (χ0v) is 13.0. The molecule has 0 amide bonds. The smallest absolute Gasteiger partial charge is 0.812 e. The minimum Gasteiger partial charge on any atom is -0.812 e. The van der Waals surface area contributed by atoms with Crippen molar-refractivity contribution in [3.63, 3.8) is 0 Å². The molecule has 10 nitrogen and oxygen atoms in total. The van der Waals surface area contributed by atoms with Crippen molar-refractivity contribution in [1.29, 1.82) is 26.3 Å². The molecule has 12 heteroatoms. The van der Waals surface area contributed by atoms with Crippen LogP contribution in [0.25, 0.3) is 0 Å². The molecule has 0 saturated carbocycles. The Morgan fingerprint density at radius 1 is 0.471 bits per heavy atom. The van der Waals surface area contributed by atoms with Gasteiger partial charge in [-0.05, 0) is 0 Å². The molecule has 0 aliphatic heterocycles. The van der Waals surface area contributed by atoms with Crippen LogP contribution in [-0.4, -0.2) is 0 Å². The van der Waals surface area contributed by atoms with Crippen molar-refractivity contribution in [2.75, 3.05) is 0 Å². The van der Waals surface area contributed by atoms with E-state index in [-0.39, 0.29) is 70.9 Å². The van der Waals surface area contributed by atoms with Crippen molar-refractivity contribution in [1.82, 2.24) is 0 Å². The largest absolute Gasteiger partial charge is 4.00 e. The standard InChI is InChI=1S/5CHNO.K.Ru/c5*2-1-3;;/h5*3H;;/q;;;;;+1;+4/p-5. The molecular formula is C5KN5O5Ru. The number of rotatable bonds is 0. The van der Waals surface area contributed by atoms with E-state index < -0.39 is 0 Å². The maximum atomic E-state index is 8.24. The van der Waals surface area contributed by atoms with Crippen molar-refractivity contribution >= 4 is 0 Å². The van der Waals surface area contributed by atoms with E-state index in [9.17, 15) is 0 Å². The van der Waals surface area contributed by atoms with Crippen molar-refractivity contribution < 1.29 is 96.4 Å². The van der Waals surface area contributed by atoms with Crippen LogP contribution in [0.15, 0.2) is 0 Å². The Labute approximate surface area is 152 Å². The van der Waals surface area contributed by atoms with E-state index in [4.69, 9.17) is 51.8 Å². The zero-order valence-electron chi connectivity index (χ0n) is 8.13. The van der Waals surface area contributed by atoms with Gasteiger partial charge in [0.25, 0.3) is 0 Å². The van der Waals surface area contributed by atoms with Gasteiger partial charge in [-0.15, -0.1) is 0 Å². The van der Waals surface area contributed by atoms with Gasteiger partial charge < -0.3 is 25.5 Å². The molecule has 0 heterocycles. The van der Waals surface area contributed by atoms with E-state index in [1.807, 2.05) is 0 Å². The van der Waals surface area contributed by atoms with Gasteiger partial charge >= 0.3 is 70.9 Å². The first-order valence-corrected chi connectivity index (χ1v) is 2.14. The first-order valence-electron chi connectivity index (χ1n) is 2.14. The van der Waals surface area contributed by atoms with Gasteiger partial charge in [0.2, 0.25) is 0 Å². The molecule has 0 aliphatic rings. The zero-order chi connectivity index (χ0) is 13.5.